The molecule has 0 N–H and O–H groups in total. The van der Waals surface area contributed by atoms with Crippen molar-refractivity contribution < 1.29 is 0 Å². The molecule has 1 aliphatic rings. The third-order valence-electron chi connectivity index (χ3n) is 3.05. The van der Waals surface area contributed by atoms with Crippen molar-refractivity contribution in [2.24, 2.45) is 0 Å². The molecule has 7 heteroatoms. The van der Waals surface area contributed by atoms with Crippen LogP contribution in [0, 0.1) is 40.9 Å². The number of thioether (sulfide) groups is 2. The number of rotatable bonds is 1. The van der Waals surface area contributed by atoms with Gasteiger partial charge in [0.15, 0.2) is 11.4 Å². The molecule has 1 aromatic heterocycles. The van der Waals surface area contributed by atoms with Crippen LogP contribution in [-0.2, 0) is 0 Å². The fourth-order valence-corrected chi connectivity index (χ4v) is 4.33. The molecule has 3 rings (SSSR count). The summed E-state index contributed by atoms with van der Waals surface area (Å²) >= 11 is 2.61. The summed E-state index contributed by atoms with van der Waals surface area (Å²) in [5, 5.41) is 28.7. The maximum absolute atomic E-state index is 9.53. The molecule has 0 fully saturated rings. The molecule has 1 aromatic carbocycles. The van der Waals surface area contributed by atoms with E-state index < -0.39 is 0 Å². The van der Waals surface area contributed by atoms with Crippen molar-refractivity contribution in [1.82, 2.24) is 9.97 Å². The fourth-order valence-electron chi connectivity index (χ4n) is 2.02. The van der Waals surface area contributed by atoms with Crippen LogP contribution in [-0.4, -0.2) is 9.97 Å². The van der Waals surface area contributed by atoms with E-state index >= 15 is 0 Å². The molecule has 1 aliphatic heterocycles. The van der Waals surface area contributed by atoms with Gasteiger partial charge in [-0.05, 0) is 12.5 Å². The van der Waals surface area contributed by atoms with Gasteiger partial charge in [0, 0.05) is 0 Å². The molecular formula is C16H7N5S2. The summed E-state index contributed by atoms with van der Waals surface area (Å²) < 4.78 is 0.757. The Morgan fingerprint density at radius 2 is 1.61 bits per heavy atom. The van der Waals surface area contributed by atoms with Crippen molar-refractivity contribution in [2.75, 3.05) is 0 Å². The number of aromatic nitrogens is 2. The monoisotopic (exact) mass is 333 g/mol. The predicted octanol–water partition coefficient (Wildman–Crippen LogP) is 3.62. The van der Waals surface area contributed by atoms with Gasteiger partial charge in [-0.2, -0.15) is 15.8 Å². The molecule has 0 aliphatic carbocycles. The Kier molecular flexibility index (Phi) is 4.04. The summed E-state index contributed by atoms with van der Waals surface area (Å²) in [5.74, 6) is 0. The second kappa shape index (κ2) is 6.14. The van der Waals surface area contributed by atoms with Gasteiger partial charge in [-0.25, -0.2) is 9.97 Å². The summed E-state index contributed by atoms with van der Waals surface area (Å²) in [6.07, 6.45) is 0. The average Bonchev–Trinajstić information content (AvgIpc) is 2.96. The van der Waals surface area contributed by atoms with Crippen LogP contribution < -0.4 is 0 Å². The number of benzene rings is 1. The molecule has 2 aromatic rings. The zero-order valence-corrected chi connectivity index (χ0v) is 13.5. The summed E-state index contributed by atoms with van der Waals surface area (Å²) in [7, 11) is 0. The van der Waals surface area contributed by atoms with Crippen molar-refractivity contribution in [1.29, 1.82) is 15.8 Å². The highest BCUT2D eigenvalue weighted by molar-refractivity contribution is 8.24. The van der Waals surface area contributed by atoms with E-state index in [1.165, 1.54) is 23.5 Å². The molecule has 0 saturated carbocycles. The van der Waals surface area contributed by atoms with Gasteiger partial charge in [-0.15, -0.1) is 0 Å². The molecule has 0 atom stereocenters. The van der Waals surface area contributed by atoms with Gasteiger partial charge in [-0.1, -0.05) is 53.4 Å². The van der Waals surface area contributed by atoms with Crippen LogP contribution in [0.5, 0.6) is 0 Å². The first kappa shape index (κ1) is 15.1. The summed E-state index contributed by atoms with van der Waals surface area (Å²) in [6.45, 7) is 1.97. The highest BCUT2D eigenvalue weighted by atomic mass is 32.2. The zero-order valence-electron chi connectivity index (χ0n) is 11.9. The Labute approximate surface area is 141 Å². The van der Waals surface area contributed by atoms with Crippen molar-refractivity contribution in [3.05, 3.63) is 51.0 Å². The minimum atomic E-state index is 0.00895. The van der Waals surface area contributed by atoms with Gasteiger partial charge in [0.2, 0.25) is 0 Å². The molecule has 0 unspecified atom stereocenters. The first-order chi connectivity index (χ1) is 11.2. The maximum Gasteiger partial charge on any atom is 0.178 e. The lowest BCUT2D eigenvalue weighted by molar-refractivity contribution is 0.902. The third-order valence-corrected chi connectivity index (χ3v) is 5.41. The Balaban J connectivity index is 2.09. The van der Waals surface area contributed by atoms with Gasteiger partial charge < -0.3 is 0 Å². The quantitative estimate of drug-likeness (QED) is 0.735. The van der Waals surface area contributed by atoms with E-state index in [0.29, 0.717) is 15.6 Å². The van der Waals surface area contributed by atoms with Gasteiger partial charge in [0.05, 0.1) is 9.81 Å². The lowest BCUT2D eigenvalue weighted by Crippen LogP contribution is -1.96. The number of allylic oxidation sites excluding steroid dienone is 1. The van der Waals surface area contributed by atoms with Crippen molar-refractivity contribution in [2.45, 2.75) is 17.0 Å². The molecule has 108 valence electrons. The number of hydrogen-bond donors (Lipinski definition) is 0. The van der Waals surface area contributed by atoms with Crippen LogP contribution in [0.3, 0.4) is 0 Å². The minimum Gasteiger partial charge on any atom is -0.224 e. The molecule has 23 heavy (non-hydrogen) atoms. The summed E-state index contributed by atoms with van der Waals surface area (Å²) in [4.78, 5) is 8.35. The van der Waals surface area contributed by atoms with Gasteiger partial charge in [0.25, 0.3) is 0 Å². The van der Waals surface area contributed by atoms with E-state index in [1.54, 1.807) is 0 Å². The van der Waals surface area contributed by atoms with Gasteiger partial charge >= 0.3 is 0 Å². The van der Waals surface area contributed by atoms with Crippen LogP contribution in [0.1, 0.15) is 22.5 Å². The number of fused-ring (bicyclic) bond motifs is 1. The molecule has 0 radical (unpaired) electrons. The van der Waals surface area contributed by atoms with E-state index in [-0.39, 0.29) is 11.4 Å². The Morgan fingerprint density at radius 1 is 1.00 bits per heavy atom. The number of hydrogen-bond acceptors (Lipinski definition) is 7. The Bertz CT molecular complexity index is 928. The molecule has 0 bridgehead atoms. The van der Waals surface area contributed by atoms with Gasteiger partial charge in [0.1, 0.15) is 28.3 Å². The van der Waals surface area contributed by atoms with Crippen LogP contribution in [0.25, 0.3) is 5.57 Å². The fraction of sp³-hybridized carbons (Fsp3) is 0.0625. The molecule has 0 saturated heterocycles. The zero-order chi connectivity index (χ0) is 16.4. The van der Waals surface area contributed by atoms with E-state index in [1.807, 2.05) is 43.3 Å². The van der Waals surface area contributed by atoms with Crippen LogP contribution >= 0.6 is 23.5 Å². The largest absolute Gasteiger partial charge is 0.224 e. The Morgan fingerprint density at radius 3 is 2.09 bits per heavy atom. The lowest BCUT2D eigenvalue weighted by Gasteiger charge is -2.03. The normalized spacial score (nSPS) is 12.0. The smallest absolute Gasteiger partial charge is 0.178 e. The third kappa shape index (κ3) is 2.78. The van der Waals surface area contributed by atoms with Crippen molar-refractivity contribution in [3.63, 3.8) is 0 Å². The second-order valence-electron chi connectivity index (χ2n) is 4.60. The van der Waals surface area contributed by atoms with Crippen LogP contribution in [0.4, 0.5) is 0 Å². The lowest BCUT2D eigenvalue weighted by atomic mass is 10.1. The van der Waals surface area contributed by atoms with E-state index in [4.69, 9.17) is 10.5 Å². The molecule has 0 spiro atoms. The van der Waals surface area contributed by atoms with E-state index in [9.17, 15) is 5.26 Å². The van der Waals surface area contributed by atoms with Crippen LogP contribution in [0.2, 0.25) is 0 Å². The minimum absolute atomic E-state index is 0.00895. The van der Waals surface area contributed by atoms with Crippen molar-refractivity contribution >= 4 is 29.1 Å². The van der Waals surface area contributed by atoms with Crippen molar-refractivity contribution in [3.8, 4) is 18.2 Å². The number of nitriles is 3. The summed E-state index contributed by atoms with van der Waals surface area (Å²) in [5.41, 5.74) is 2.46. The van der Waals surface area contributed by atoms with E-state index in [2.05, 4.69) is 16.0 Å². The van der Waals surface area contributed by atoms with Gasteiger partial charge in [-0.3, -0.25) is 0 Å². The van der Waals surface area contributed by atoms with E-state index in [0.717, 1.165) is 15.4 Å². The number of aryl methyl sites for hydroxylation is 1. The highest BCUT2D eigenvalue weighted by Gasteiger charge is 2.26. The number of nitrogens with zero attached hydrogens (tertiary/aromatic N) is 5. The average molecular weight is 333 g/mol. The second-order valence-corrected chi connectivity index (χ2v) is 6.86. The molecule has 5 nitrogen and oxygen atoms in total. The molecular weight excluding hydrogens is 326 g/mol. The summed E-state index contributed by atoms with van der Waals surface area (Å²) in [6, 6.07) is 13.7. The topological polar surface area (TPSA) is 97.1 Å². The predicted molar refractivity (Wildman–Crippen MR) is 86.9 cm³/mol. The Hall–Kier alpha value is -2.79. The molecule has 0 amide bonds. The first-order valence-electron chi connectivity index (χ1n) is 6.45. The highest BCUT2D eigenvalue weighted by Crippen LogP contribution is 2.52. The molecule has 2 heterocycles. The van der Waals surface area contributed by atoms with Crippen LogP contribution in [0.15, 0.2) is 38.6 Å². The maximum atomic E-state index is 9.53. The standard InChI is InChI=1S/C16H7N5S2/c1-9-3-2-4-10(5-9)11(6-17)16-22-14-15(23-16)21-13(8-19)12(7-18)20-14/h2-5H,1H3. The first-order valence-corrected chi connectivity index (χ1v) is 8.09. The SMILES string of the molecule is Cc1cccc(C(C#N)=C2Sc3nc(C#N)c(C#N)nc3S2)c1.